The first-order valence-electron chi connectivity index (χ1n) is 9.26. The number of hydrogen-bond donors (Lipinski definition) is 1. The van der Waals surface area contributed by atoms with E-state index in [4.69, 9.17) is 4.74 Å². The van der Waals surface area contributed by atoms with Crippen LogP contribution in [0.5, 0.6) is 0 Å². The molecule has 0 unspecified atom stereocenters. The van der Waals surface area contributed by atoms with Gasteiger partial charge in [-0.25, -0.2) is 4.39 Å². The summed E-state index contributed by atoms with van der Waals surface area (Å²) in [5.41, 5.74) is 0.732. The van der Waals surface area contributed by atoms with Crippen LogP contribution in [0.15, 0.2) is 24.3 Å². The van der Waals surface area contributed by atoms with Gasteiger partial charge in [0.2, 0.25) is 5.91 Å². The number of nitrogens with one attached hydrogen (secondary N) is 1. The molecular weight excluding hydrogens is 321 g/mol. The first-order valence-corrected chi connectivity index (χ1v) is 9.26. The number of hydrogen-bond acceptors (Lipinski definition) is 4. The number of rotatable bonds is 6. The monoisotopic (exact) mass is 349 g/mol. The molecule has 1 aromatic rings. The molecule has 6 heteroatoms. The Balaban J connectivity index is 1.35. The van der Waals surface area contributed by atoms with Gasteiger partial charge in [-0.05, 0) is 32.0 Å². The van der Waals surface area contributed by atoms with Crippen LogP contribution in [0, 0.1) is 11.7 Å². The zero-order chi connectivity index (χ0) is 17.5. The van der Waals surface area contributed by atoms with Gasteiger partial charge >= 0.3 is 0 Å². The fraction of sp³-hybridized carbons (Fsp3) is 0.632. The lowest BCUT2D eigenvalue weighted by Crippen LogP contribution is -2.44. The first-order chi connectivity index (χ1) is 12.2. The summed E-state index contributed by atoms with van der Waals surface area (Å²) in [5, 5.41) is 3.07. The van der Waals surface area contributed by atoms with Crippen LogP contribution in [0.2, 0.25) is 0 Å². The van der Waals surface area contributed by atoms with Crippen molar-refractivity contribution < 1.29 is 13.9 Å². The van der Waals surface area contributed by atoms with E-state index in [1.54, 1.807) is 6.07 Å². The van der Waals surface area contributed by atoms with Gasteiger partial charge in [-0.1, -0.05) is 18.2 Å². The maximum atomic E-state index is 13.7. The minimum atomic E-state index is -0.148. The molecular formula is C19H28FN3O2. The molecule has 0 atom stereocenters. The number of morpholine rings is 1. The molecule has 5 nitrogen and oxygen atoms in total. The summed E-state index contributed by atoms with van der Waals surface area (Å²) in [7, 11) is 0. The Labute approximate surface area is 149 Å². The van der Waals surface area contributed by atoms with Crippen LogP contribution in [0.4, 0.5) is 4.39 Å². The number of ether oxygens (including phenoxy) is 1. The fourth-order valence-corrected chi connectivity index (χ4v) is 3.53. The van der Waals surface area contributed by atoms with Gasteiger partial charge in [-0.3, -0.25) is 14.6 Å². The normalized spacial score (nSPS) is 20.5. The summed E-state index contributed by atoms with van der Waals surface area (Å²) in [6.45, 7) is 7.37. The fourth-order valence-electron chi connectivity index (χ4n) is 3.53. The molecule has 138 valence electrons. The highest BCUT2D eigenvalue weighted by atomic mass is 19.1. The molecule has 0 aromatic heterocycles. The summed E-state index contributed by atoms with van der Waals surface area (Å²) in [6, 6.07) is 6.92. The van der Waals surface area contributed by atoms with Crippen molar-refractivity contribution in [1.29, 1.82) is 0 Å². The van der Waals surface area contributed by atoms with Crippen LogP contribution >= 0.6 is 0 Å². The Hall–Kier alpha value is -1.50. The third-order valence-electron chi connectivity index (χ3n) is 5.14. The summed E-state index contributed by atoms with van der Waals surface area (Å²) < 4.78 is 19.1. The molecule has 0 bridgehead atoms. The van der Waals surface area contributed by atoms with Crippen LogP contribution < -0.4 is 5.32 Å². The Morgan fingerprint density at radius 3 is 2.56 bits per heavy atom. The highest BCUT2D eigenvalue weighted by Gasteiger charge is 2.25. The quantitative estimate of drug-likeness (QED) is 0.845. The van der Waals surface area contributed by atoms with Crippen molar-refractivity contribution in [3.8, 4) is 0 Å². The topological polar surface area (TPSA) is 44.8 Å². The molecule has 0 spiro atoms. The van der Waals surface area contributed by atoms with Crippen molar-refractivity contribution in [2.45, 2.75) is 19.4 Å². The molecule has 25 heavy (non-hydrogen) atoms. The highest BCUT2D eigenvalue weighted by Crippen LogP contribution is 2.20. The molecule has 1 amide bonds. The van der Waals surface area contributed by atoms with Crippen LogP contribution in [0.25, 0.3) is 0 Å². The SMILES string of the molecule is O=C(NCCN1CCOCC1)C1CCN(Cc2ccccc2F)CC1. The number of nitrogens with zero attached hydrogens (tertiary/aromatic N) is 2. The van der Waals surface area contributed by atoms with E-state index in [1.807, 2.05) is 12.1 Å². The van der Waals surface area contributed by atoms with Gasteiger partial charge in [0.25, 0.3) is 0 Å². The number of likely N-dealkylation sites (tertiary alicyclic amines) is 1. The van der Waals surface area contributed by atoms with E-state index in [9.17, 15) is 9.18 Å². The summed E-state index contributed by atoms with van der Waals surface area (Å²) in [5.74, 6) is 0.103. The van der Waals surface area contributed by atoms with E-state index in [1.165, 1.54) is 6.07 Å². The number of halogens is 1. The van der Waals surface area contributed by atoms with Crippen LogP contribution in [-0.2, 0) is 16.1 Å². The van der Waals surface area contributed by atoms with E-state index in [-0.39, 0.29) is 17.6 Å². The van der Waals surface area contributed by atoms with Crippen molar-refractivity contribution in [3.05, 3.63) is 35.6 Å². The van der Waals surface area contributed by atoms with E-state index in [2.05, 4.69) is 15.1 Å². The predicted octanol–water partition coefficient (Wildman–Crippen LogP) is 1.49. The first kappa shape index (κ1) is 18.3. The van der Waals surface area contributed by atoms with Crippen molar-refractivity contribution in [1.82, 2.24) is 15.1 Å². The number of amides is 1. The second-order valence-electron chi connectivity index (χ2n) is 6.89. The predicted molar refractivity (Wildman–Crippen MR) is 94.7 cm³/mol. The molecule has 0 aliphatic carbocycles. The second kappa shape index (κ2) is 9.27. The van der Waals surface area contributed by atoms with Gasteiger partial charge in [0.05, 0.1) is 13.2 Å². The molecule has 2 fully saturated rings. The summed E-state index contributed by atoms with van der Waals surface area (Å²) >= 11 is 0. The smallest absolute Gasteiger partial charge is 0.223 e. The molecule has 2 aliphatic heterocycles. The standard InChI is InChI=1S/C19H28FN3O2/c20-18-4-2-1-3-17(18)15-23-8-5-16(6-9-23)19(24)21-7-10-22-11-13-25-14-12-22/h1-4,16H,5-15H2,(H,21,24). The lowest BCUT2D eigenvalue weighted by atomic mass is 9.95. The molecule has 3 rings (SSSR count). The largest absolute Gasteiger partial charge is 0.379 e. The molecule has 2 heterocycles. The minimum absolute atomic E-state index is 0.0848. The number of carbonyl (C=O) groups is 1. The highest BCUT2D eigenvalue weighted by molar-refractivity contribution is 5.78. The van der Waals surface area contributed by atoms with Crippen molar-refractivity contribution in [2.24, 2.45) is 5.92 Å². The molecule has 1 aromatic carbocycles. The lowest BCUT2D eigenvalue weighted by molar-refractivity contribution is -0.126. The molecule has 0 radical (unpaired) electrons. The van der Waals surface area contributed by atoms with Gasteiger partial charge in [-0.2, -0.15) is 0 Å². The molecule has 1 N–H and O–H groups in total. The van der Waals surface area contributed by atoms with Gasteiger partial charge < -0.3 is 10.1 Å². The Morgan fingerprint density at radius 2 is 1.84 bits per heavy atom. The zero-order valence-electron chi connectivity index (χ0n) is 14.8. The maximum Gasteiger partial charge on any atom is 0.223 e. The van der Waals surface area contributed by atoms with E-state index in [0.717, 1.165) is 64.3 Å². The second-order valence-corrected chi connectivity index (χ2v) is 6.89. The van der Waals surface area contributed by atoms with E-state index in [0.29, 0.717) is 13.1 Å². The van der Waals surface area contributed by atoms with E-state index >= 15 is 0 Å². The van der Waals surface area contributed by atoms with Crippen LogP contribution in [0.3, 0.4) is 0 Å². The van der Waals surface area contributed by atoms with Gasteiger partial charge in [0, 0.05) is 44.2 Å². The van der Waals surface area contributed by atoms with Gasteiger partial charge in [0.1, 0.15) is 5.82 Å². The average Bonchev–Trinajstić information content (AvgIpc) is 2.65. The van der Waals surface area contributed by atoms with Crippen LogP contribution in [-0.4, -0.2) is 68.2 Å². The summed E-state index contributed by atoms with van der Waals surface area (Å²) in [4.78, 5) is 16.9. The van der Waals surface area contributed by atoms with Gasteiger partial charge in [0.15, 0.2) is 0 Å². The Morgan fingerprint density at radius 1 is 1.12 bits per heavy atom. The van der Waals surface area contributed by atoms with Crippen molar-refractivity contribution in [3.63, 3.8) is 0 Å². The maximum absolute atomic E-state index is 13.7. The number of carbonyl (C=O) groups excluding carboxylic acids is 1. The van der Waals surface area contributed by atoms with E-state index < -0.39 is 0 Å². The van der Waals surface area contributed by atoms with Gasteiger partial charge in [-0.15, -0.1) is 0 Å². The van der Waals surface area contributed by atoms with Crippen molar-refractivity contribution in [2.75, 3.05) is 52.5 Å². The third kappa shape index (κ3) is 5.49. The molecule has 0 saturated carbocycles. The Bertz CT molecular complexity index is 555. The summed E-state index contributed by atoms with van der Waals surface area (Å²) in [6.07, 6.45) is 1.69. The third-order valence-corrected chi connectivity index (χ3v) is 5.14. The Kier molecular flexibility index (Phi) is 6.78. The van der Waals surface area contributed by atoms with Crippen molar-refractivity contribution >= 4 is 5.91 Å². The average molecular weight is 349 g/mol. The molecule has 2 aliphatic rings. The zero-order valence-corrected chi connectivity index (χ0v) is 14.8. The van der Waals surface area contributed by atoms with Crippen LogP contribution in [0.1, 0.15) is 18.4 Å². The lowest BCUT2D eigenvalue weighted by Gasteiger charge is -2.31. The number of benzene rings is 1. The minimum Gasteiger partial charge on any atom is -0.379 e. The number of piperidine rings is 1. The molecule has 2 saturated heterocycles.